The number of methoxy groups -OCH3 is 2. The number of fused-ring (bicyclic) bond motifs is 2. The van der Waals surface area contributed by atoms with Crippen molar-refractivity contribution in [3.8, 4) is 11.5 Å². The molecule has 0 spiro atoms. The Morgan fingerprint density at radius 1 is 1.06 bits per heavy atom. The van der Waals surface area contributed by atoms with Gasteiger partial charge < -0.3 is 18.7 Å². The number of nitrogens with zero attached hydrogens (tertiary/aromatic N) is 2. The predicted molar refractivity (Wildman–Crippen MR) is 133 cm³/mol. The monoisotopic (exact) mass is 470 g/mol. The van der Waals surface area contributed by atoms with Gasteiger partial charge in [0.15, 0.2) is 11.5 Å². The fourth-order valence-electron chi connectivity index (χ4n) is 4.57. The van der Waals surface area contributed by atoms with Crippen molar-refractivity contribution in [1.29, 1.82) is 0 Å². The number of hydrogen-bond donors (Lipinski definition) is 0. The lowest BCUT2D eigenvalue weighted by Gasteiger charge is -2.12. The number of aryl methyl sites for hydroxylation is 2. The number of pyridine rings is 1. The molecule has 7 nitrogen and oxygen atoms in total. The van der Waals surface area contributed by atoms with Crippen molar-refractivity contribution in [3.05, 3.63) is 81.9 Å². The minimum atomic E-state index is -0.368. The molecule has 5 rings (SSSR count). The molecule has 0 saturated carbocycles. The Hall–Kier alpha value is -4.13. The number of ether oxygens (including phenoxy) is 3. The van der Waals surface area contributed by atoms with Crippen LogP contribution in [0.4, 0.5) is 0 Å². The van der Waals surface area contributed by atoms with Crippen LogP contribution in [0.5, 0.6) is 11.5 Å². The fourth-order valence-corrected chi connectivity index (χ4v) is 4.57. The summed E-state index contributed by atoms with van der Waals surface area (Å²) in [6.45, 7) is 3.76. The van der Waals surface area contributed by atoms with Gasteiger partial charge in [0.2, 0.25) is 0 Å². The van der Waals surface area contributed by atoms with Crippen LogP contribution in [0.3, 0.4) is 0 Å². The van der Waals surface area contributed by atoms with Gasteiger partial charge in [-0.3, -0.25) is 0 Å². The van der Waals surface area contributed by atoms with Crippen LogP contribution in [0, 0.1) is 13.8 Å². The van der Waals surface area contributed by atoms with Gasteiger partial charge in [-0.15, -0.1) is 0 Å². The lowest BCUT2D eigenvalue weighted by molar-refractivity contribution is 0.0472. The van der Waals surface area contributed by atoms with E-state index in [2.05, 4.69) is 11.2 Å². The molecule has 0 radical (unpaired) electrons. The second-order valence-corrected chi connectivity index (χ2v) is 8.49. The molecule has 7 heteroatoms. The summed E-state index contributed by atoms with van der Waals surface area (Å²) in [5.41, 5.74) is 6.65. The Labute approximate surface area is 203 Å². The van der Waals surface area contributed by atoms with Crippen molar-refractivity contribution in [3.63, 3.8) is 0 Å². The maximum atomic E-state index is 13.4. The van der Waals surface area contributed by atoms with E-state index in [-0.39, 0.29) is 12.6 Å². The van der Waals surface area contributed by atoms with Crippen molar-refractivity contribution in [2.24, 2.45) is 0 Å². The Balaban J connectivity index is 1.55. The molecule has 0 bridgehead atoms. The van der Waals surface area contributed by atoms with Gasteiger partial charge in [-0.2, -0.15) is 0 Å². The molecular formula is C28H26N2O5. The number of rotatable bonds is 6. The molecule has 0 amide bonds. The van der Waals surface area contributed by atoms with Gasteiger partial charge in [0.05, 0.1) is 42.3 Å². The molecule has 1 aliphatic carbocycles. The van der Waals surface area contributed by atoms with Gasteiger partial charge in [-0.05, 0) is 67.7 Å². The summed E-state index contributed by atoms with van der Waals surface area (Å²) in [5, 5.41) is 4.74. The molecule has 4 aromatic rings. The molecule has 0 unspecified atom stereocenters. The van der Waals surface area contributed by atoms with E-state index in [0.29, 0.717) is 29.2 Å². The third-order valence-electron chi connectivity index (χ3n) is 6.42. The van der Waals surface area contributed by atoms with Gasteiger partial charge in [0.1, 0.15) is 12.4 Å². The zero-order valence-electron chi connectivity index (χ0n) is 20.2. The highest BCUT2D eigenvalue weighted by Gasteiger charge is 2.28. The zero-order chi connectivity index (χ0) is 24.5. The molecular weight excluding hydrogens is 444 g/mol. The first-order valence-corrected chi connectivity index (χ1v) is 11.4. The fraction of sp³-hybridized carbons (Fsp3) is 0.250. The topological polar surface area (TPSA) is 83.7 Å². The smallest absolute Gasteiger partial charge is 0.339 e. The highest BCUT2D eigenvalue weighted by molar-refractivity contribution is 6.07. The second kappa shape index (κ2) is 9.25. The van der Waals surface area contributed by atoms with Crippen molar-refractivity contribution >= 4 is 28.5 Å². The molecule has 0 atom stereocenters. The molecule has 2 heterocycles. The lowest BCUT2D eigenvalue weighted by atomic mass is 10.0. The SMILES string of the molecule is COc1ccc(/C=C2\CCc3c2nc2ccccc2c3C(=O)OCc2c(C)noc2C)cc1OC. The Kier molecular flexibility index (Phi) is 5.99. The maximum Gasteiger partial charge on any atom is 0.339 e. The largest absolute Gasteiger partial charge is 0.493 e. The standard InChI is InChI=1S/C28H26N2O5/c1-16-22(17(2)35-30-16)15-34-28(31)26-20-7-5-6-8-23(20)29-27-19(10-11-21(26)27)13-18-9-12-24(32-3)25(14-18)33-4/h5-9,12-14H,10-11,15H2,1-4H3/b19-13+. The van der Waals surface area contributed by atoms with Crippen LogP contribution in [0.25, 0.3) is 22.6 Å². The van der Waals surface area contributed by atoms with Gasteiger partial charge in [-0.25, -0.2) is 9.78 Å². The molecule has 0 N–H and O–H groups in total. The van der Waals surface area contributed by atoms with Gasteiger partial charge >= 0.3 is 5.97 Å². The molecule has 2 aromatic heterocycles. The first kappa shape index (κ1) is 22.7. The van der Waals surface area contributed by atoms with E-state index < -0.39 is 0 Å². The van der Waals surface area contributed by atoms with Gasteiger partial charge in [0, 0.05) is 5.39 Å². The van der Waals surface area contributed by atoms with E-state index in [1.807, 2.05) is 56.3 Å². The first-order chi connectivity index (χ1) is 17.0. The number of allylic oxidation sites excluding steroid dienone is 1. The van der Waals surface area contributed by atoms with E-state index in [1.54, 1.807) is 14.2 Å². The van der Waals surface area contributed by atoms with Crippen LogP contribution in [-0.4, -0.2) is 30.3 Å². The number of benzene rings is 2. The first-order valence-electron chi connectivity index (χ1n) is 11.4. The molecule has 0 aliphatic heterocycles. The minimum absolute atomic E-state index is 0.111. The van der Waals surface area contributed by atoms with Crippen LogP contribution in [0.1, 0.15) is 50.6 Å². The highest BCUT2D eigenvalue weighted by Crippen LogP contribution is 2.39. The van der Waals surface area contributed by atoms with Crippen LogP contribution in [0.2, 0.25) is 0 Å². The summed E-state index contributed by atoms with van der Waals surface area (Å²) in [4.78, 5) is 18.3. The molecule has 178 valence electrons. The predicted octanol–water partition coefficient (Wildman–Crippen LogP) is 5.70. The molecule has 35 heavy (non-hydrogen) atoms. The minimum Gasteiger partial charge on any atom is -0.493 e. The number of carbonyl (C=O) groups excluding carboxylic acids is 1. The summed E-state index contributed by atoms with van der Waals surface area (Å²) in [6, 6.07) is 13.5. The van der Waals surface area contributed by atoms with Crippen molar-refractivity contribution in [1.82, 2.24) is 10.1 Å². The molecule has 2 aromatic carbocycles. The zero-order valence-corrected chi connectivity index (χ0v) is 20.2. The second-order valence-electron chi connectivity index (χ2n) is 8.49. The average Bonchev–Trinajstić information content (AvgIpc) is 3.42. The quantitative estimate of drug-likeness (QED) is 0.334. The number of esters is 1. The molecule has 0 saturated heterocycles. The Morgan fingerprint density at radius 2 is 1.86 bits per heavy atom. The van der Waals surface area contributed by atoms with Crippen molar-refractivity contribution in [2.45, 2.75) is 33.3 Å². The summed E-state index contributed by atoms with van der Waals surface area (Å²) in [6.07, 6.45) is 3.58. The van der Waals surface area contributed by atoms with E-state index in [9.17, 15) is 4.79 Å². The summed E-state index contributed by atoms with van der Waals surface area (Å²) >= 11 is 0. The summed E-state index contributed by atoms with van der Waals surface area (Å²) < 4.78 is 21.8. The van der Waals surface area contributed by atoms with Crippen LogP contribution in [-0.2, 0) is 17.8 Å². The van der Waals surface area contributed by atoms with E-state index >= 15 is 0 Å². The number of aromatic nitrogens is 2. The maximum absolute atomic E-state index is 13.4. The van der Waals surface area contributed by atoms with E-state index in [0.717, 1.165) is 51.0 Å². The van der Waals surface area contributed by atoms with Crippen LogP contribution >= 0.6 is 0 Å². The number of hydrogen-bond acceptors (Lipinski definition) is 7. The normalized spacial score (nSPS) is 13.8. The third-order valence-corrected chi connectivity index (χ3v) is 6.42. The van der Waals surface area contributed by atoms with Gasteiger partial charge in [-0.1, -0.05) is 29.4 Å². The number of carbonyl (C=O) groups is 1. The van der Waals surface area contributed by atoms with Crippen molar-refractivity contribution in [2.75, 3.05) is 14.2 Å². The highest BCUT2D eigenvalue weighted by atomic mass is 16.5. The lowest BCUT2D eigenvalue weighted by Crippen LogP contribution is -2.11. The van der Waals surface area contributed by atoms with Crippen molar-refractivity contribution < 1.29 is 23.5 Å². The summed E-state index contributed by atoms with van der Waals surface area (Å²) in [7, 11) is 3.23. The van der Waals surface area contributed by atoms with Gasteiger partial charge in [0.25, 0.3) is 0 Å². The summed E-state index contributed by atoms with van der Waals surface area (Å²) in [5.74, 6) is 1.62. The number of para-hydroxylation sites is 1. The van der Waals surface area contributed by atoms with E-state index in [1.165, 1.54) is 0 Å². The van der Waals surface area contributed by atoms with Crippen LogP contribution < -0.4 is 9.47 Å². The third kappa shape index (κ3) is 4.14. The van der Waals surface area contributed by atoms with Crippen LogP contribution in [0.15, 0.2) is 47.0 Å². The van der Waals surface area contributed by atoms with E-state index in [4.69, 9.17) is 23.7 Å². The average molecular weight is 471 g/mol. The Morgan fingerprint density at radius 3 is 2.60 bits per heavy atom. The Bertz CT molecular complexity index is 1450. The molecule has 0 fully saturated rings. The molecule has 1 aliphatic rings.